The normalized spacial score (nSPS) is 46.1. The Bertz CT molecular complexity index is 1170. The fourth-order valence-electron chi connectivity index (χ4n) is 8.54. The number of carbonyl (C=O) groups is 3. The largest absolute Gasteiger partial charge is 0.458 e. The van der Waals surface area contributed by atoms with Gasteiger partial charge in [-0.3, -0.25) is 14.4 Å². The summed E-state index contributed by atoms with van der Waals surface area (Å²) in [5.74, 6) is -4.15. The summed E-state index contributed by atoms with van der Waals surface area (Å²) in [6.45, 7) is 11.8. The Morgan fingerprint density at radius 2 is 1.82 bits per heavy atom. The molecule has 39 heavy (non-hydrogen) atoms. The van der Waals surface area contributed by atoms with Crippen LogP contribution >= 0.6 is 0 Å². The smallest absolute Gasteiger partial charge is 0.306 e. The van der Waals surface area contributed by atoms with E-state index in [4.69, 9.17) is 14.2 Å². The van der Waals surface area contributed by atoms with Crippen LogP contribution in [-0.4, -0.2) is 64.7 Å². The number of hydrogen-bond acceptors (Lipinski definition) is 7. The van der Waals surface area contributed by atoms with E-state index in [2.05, 4.69) is 0 Å². The van der Waals surface area contributed by atoms with Crippen molar-refractivity contribution in [1.29, 1.82) is 0 Å². The van der Waals surface area contributed by atoms with Crippen molar-refractivity contribution >= 4 is 17.5 Å². The van der Waals surface area contributed by atoms with Crippen molar-refractivity contribution < 1.29 is 42.5 Å². The third-order valence-corrected chi connectivity index (χ3v) is 10.1. The molecule has 216 valence electrons. The third-order valence-electron chi connectivity index (χ3n) is 10.1. The van der Waals surface area contributed by atoms with Crippen molar-refractivity contribution in [2.24, 2.45) is 28.1 Å². The maximum atomic E-state index is 17.4. The highest BCUT2D eigenvalue weighted by molar-refractivity contribution is 6.01. The van der Waals surface area contributed by atoms with Gasteiger partial charge in [-0.2, -0.15) is 0 Å². The van der Waals surface area contributed by atoms with E-state index in [-0.39, 0.29) is 36.7 Å². The number of fused-ring (bicyclic) bond motifs is 7. The first-order chi connectivity index (χ1) is 17.8. The van der Waals surface area contributed by atoms with Crippen LogP contribution in [0.1, 0.15) is 74.1 Å². The highest BCUT2D eigenvalue weighted by Gasteiger charge is 2.80. The van der Waals surface area contributed by atoms with E-state index in [0.29, 0.717) is 0 Å². The van der Waals surface area contributed by atoms with Crippen LogP contribution in [0.25, 0.3) is 0 Å². The van der Waals surface area contributed by atoms with Crippen LogP contribution in [0.3, 0.4) is 0 Å². The summed E-state index contributed by atoms with van der Waals surface area (Å²) >= 11 is 0. The number of allylic oxidation sites excluding steroid dienone is 4. The summed E-state index contributed by atoms with van der Waals surface area (Å²) in [6.07, 6.45) is -0.247. The van der Waals surface area contributed by atoms with Gasteiger partial charge in [-0.25, -0.2) is 8.78 Å². The molecule has 1 unspecified atom stereocenters. The molecule has 0 spiro atoms. The molecule has 0 aromatic rings. The second-order valence-corrected chi connectivity index (χ2v) is 14.3. The topological polar surface area (TPSA) is 99.1 Å². The van der Waals surface area contributed by atoms with Crippen LogP contribution in [0.15, 0.2) is 23.8 Å². The van der Waals surface area contributed by atoms with E-state index >= 15 is 8.78 Å². The van der Waals surface area contributed by atoms with Gasteiger partial charge in [-0.1, -0.05) is 33.8 Å². The first kappa shape index (κ1) is 28.6. The first-order valence-electron chi connectivity index (χ1n) is 13.8. The predicted molar refractivity (Wildman–Crippen MR) is 137 cm³/mol. The van der Waals surface area contributed by atoms with Gasteiger partial charge in [0.05, 0.1) is 18.6 Å². The summed E-state index contributed by atoms with van der Waals surface area (Å²) in [5.41, 5.74) is -6.84. The van der Waals surface area contributed by atoms with E-state index in [1.807, 2.05) is 20.8 Å². The molecule has 9 atom stereocenters. The van der Waals surface area contributed by atoms with Crippen molar-refractivity contribution in [3.63, 3.8) is 0 Å². The minimum atomic E-state index is -2.28. The Kier molecular flexibility index (Phi) is 6.24. The Hall–Kier alpha value is -1.97. The predicted octanol–water partition coefficient (Wildman–Crippen LogP) is 4.35. The van der Waals surface area contributed by atoms with Gasteiger partial charge in [0.15, 0.2) is 29.4 Å². The standard InChI is InChI=1S/C30H40F2O7/c1-25(2,3)14-24(36)37-15-22(35)30-23(38-26(4,5)39-30)12-17-18-11-20(31)19-10-16(33)8-9-27(19,6)29(18,32)21(34)13-28(17,30)7/h8-10,17-18,20-21,23,34H,11-15H2,1-7H3/t17-,18-,20-,21-,23-,27-,28-,29?,30+/m0/s1. The van der Waals surface area contributed by atoms with Gasteiger partial charge >= 0.3 is 5.97 Å². The van der Waals surface area contributed by atoms with Crippen LogP contribution in [-0.2, 0) is 28.6 Å². The number of Topliss-reactive ketones (excluding diaryl/α,β-unsaturated/α-hetero) is 1. The van der Waals surface area contributed by atoms with Gasteiger partial charge in [0.25, 0.3) is 0 Å². The molecule has 9 heteroatoms. The van der Waals surface area contributed by atoms with Gasteiger partial charge in [0.1, 0.15) is 6.17 Å². The molecule has 1 N–H and O–H groups in total. The maximum absolute atomic E-state index is 17.4. The van der Waals surface area contributed by atoms with Crippen LogP contribution in [0.4, 0.5) is 8.78 Å². The van der Waals surface area contributed by atoms with Crippen molar-refractivity contribution in [2.45, 2.75) is 110 Å². The lowest BCUT2D eigenvalue weighted by Gasteiger charge is -2.63. The van der Waals surface area contributed by atoms with Crippen molar-refractivity contribution in [3.8, 4) is 0 Å². The summed E-state index contributed by atoms with van der Waals surface area (Å²) < 4.78 is 51.2. The SMILES string of the molecule is CC(C)(C)CC(=O)OCC(=O)[C@@]12OC(C)(C)O[C@H]1C[C@H]1[C@@H]3C[C@H](F)C4=CC(=O)C=C[C@]4(C)C3(F)[C@@H](O)C[C@@]12C. The number of aliphatic hydroxyl groups is 1. The molecule has 3 saturated carbocycles. The fourth-order valence-corrected chi connectivity index (χ4v) is 8.54. The fraction of sp³-hybridized carbons (Fsp3) is 0.767. The third kappa shape index (κ3) is 3.86. The molecule has 0 radical (unpaired) electrons. The Labute approximate surface area is 228 Å². The summed E-state index contributed by atoms with van der Waals surface area (Å²) in [6, 6.07) is 0. The molecule has 0 aromatic carbocycles. The lowest BCUT2D eigenvalue weighted by atomic mass is 9.44. The number of ether oxygens (including phenoxy) is 3. The lowest BCUT2D eigenvalue weighted by Crippen LogP contribution is -2.71. The summed E-state index contributed by atoms with van der Waals surface area (Å²) in [5, 5.41) is 11.6. The van der Waals surface area contributed by atoms with E-state index < -0.39 is 82.2 Å². The van der Waals surface area contributed by atoms with Crippen LogP contribution < -0.4 is 0 Å². The quantitative estimate of drug-likeness (QED) is 0.520. The summed E-state index contributed by atoms with van der Waals surface area (Å²) in [4.78, 5) is 38.5. The molecule has 5 rings (SSSR count). The van der Waals surface area contributed by atoms with Gasteiger partial charge in [-0.15, -0.1) is 0 Å². The minimum absolute atomic E-state index is 0.0415. The van der Waals surface area contributed by atoms with Crippen molar-refractivity contribution in [3.05, 3.63) is 23.8 Å². The molecular weight excluding hydrogens is 510 g/mol. The zero-order valence-electron chi connectivity index (χ0n) is 23.8. The molecular formula is C30H40F2O7. The molecule has 0 aromatic heterocycles. The van der Waals surface area contributed by atoms with Gasteiger partial charge in [-0.05, 0) is 69.1 Å². The van der Waals surface area contributed by atoms with Crippen molar-refractivity contribution in [1.82, 2.24) is 0 Å². The van der Waals surface area contributed by atoms with Crippen LogP contribution in [0.5, 0.6) is 0 Å². The van der Waals surface area contributed by atoms with E-state index in [1.165, 1.54) is 19.1 Å². The molecule has 1 aliphatic heterocycles. The zero-order valence-corrected chi connectivity index (χ0v) is 23.8. The average Bonchev–Trinajstić information content (AvgIpc) is 3.20. The zero-order chi connectivity index (χ0) is 29.0. The van der Waals surface area contributed by atoms with Gasteiger partial charge in [0.2, 0.25) is 5.78 Å². The Morgan fingerprint density at radius 3 is 2.46 bits per heavy atom. The first-order valence-corrected chi connectivity index (χ1v) is 13.8. The molecule has 7 nitrogen and oxygen atoms in total. The number of alkyl halides is 2. The second-order valence-electron chi connectivity index (χ2n) is 14.3. The number of hydrogen-bond donors (Lipinski definition) is 1. The molecule has 0 amide bonds. The van der Waals surface area contributed by atoms with Gasteiger partial charge in [0, 0.05) is 16.7 Å². The minimum Gasteiger partial charge on any atom is -0.458 e. The maximum Gasteiger partial charge on any atom is 0.306 e. The number of carbonyl (C=O) groups excluding carboxylic acids is 3. The highest BCUT2D eigenvalue weighted by atomic mass is 19.1. The second kappa shape index (κ2) is 8.52. The molecule has 4 fully saturated rings. The molecule has 1 heterocycles. The number of rotatable bonds is 4. The highest BCUT2D eigenvalue weighted by Crippen LogP contribution is 2.72. The van der Waals surface area contributed by atoms with Crippen LogP contribution in [0, 0.1) is 28.1 Å². The van der Waals surface area contributed by atoms with E-state index in [1.54, 1.807) is 20.8 Å². The van der Waals surface area contributed by atoms with Gasteiger partial charge < -0.3 is 19.3 Å². The lowest BCUT2D eigenvalue weighted by molar-refractivity contribution is -0.249. The number of aliphatic hydroxyl groups excluding tert-OH is 1. The molecule has 0 bridgehead atoms. The summed E-state index contributed by atoms with van der Waals surface area (Å²) in [7, 11) is 0. The molecule has 1 saturated heterocycles. The Morgan fingerprint density at radius 1 is 1.15 bits per heavy atom. The number of ketones is 2. The number of halogens is 2. The van der Waals surface area contributed by atoms with E-state index in [9.17, 15) is 19.5 Å². The molecule has 4 aliphatic carbocycles. The Balaban J connectivity index is 1.53. The number of esters is 1. The van der Waals surface area contributed by atoms with Crippen LogP contribution in [0.2, 0.25) is 0 Å². The monoisotopic (exact) mass is 550 g/mol. The molecule has 5 aliphatic rings. The average molecular weight is 551 g/mol. The van der Waals surface area contributed by atoms with Crippen molar-refractivity contribution in [2.75, 3.05) is 6.61 Å². The van der Waals surface area contributed by atoms with E-state index in [0.717, 1.165) is 6.08 Å².